The third kappa shape index (κ3) is 3.66. The molecule has 5 heteroatoms. The van der Waals surface area contributed by atoms with Crippen LogP contribution in [0, 0.1) is 0 Å². The molecule has 2 aromatic carbocycles. The first kappa shape index (κ1) is 15.2. The summed E-state index contributed by atoms with van der Waals surface area (Å²) >= 11 is 9.32. The minimum atomic E-state index is 0.432. The summed E-state index contributed by atoms with van der Waals surface area (Å²) in [6.07, 6.45) is 0. The van der Waals surface area contributed by atoms with E-state index >= 15 is 0 Å². The van der Waals surface area contributed by atoms with E-state index in [4.69, 9.17) is 26.8 Å². The Morgan fingerprint density at radius 3 is 2.55 bits per heavy atom. The summed E-state index contributed by atoms with van der Waals surface area (Å²) in [6, 6.07) is 11.3. The van der Waals surface area contributed by atoms with E-state index in [1.807, 2.05) is 24.3 Å². The number of benzene rings is 2. The number of halogens is 2. The first-order valence-corrected chi connectivity index (χ1v) is 7.25. The Kier molecular flexibility index (Phi) is 5.29. The standard InChI is InChI=1S/C15H15BrClNO2/c1-19-14-4-2-10(6-11(14)8-18)9-20-15-5-3-12(17)7-13(15)16/h2-7H,8-9,18H2,1H3. The average molecular weight is 357 g/mol. The van der Waals surface area contributed by atoms with E-state index in [-0.39, 0.29) is 0 Å². The molecule has 0 unspecified atom stereocenters. The van der Waals surface area contributed by atoms with Crippen molar-refractivity contribution in [1.29, 1.82) is 0 Å². The molecular formula is C15H15BrClNO2. The molecule has 0 aromatic heterocycles. The minimum absolute atomic E-state index is 0.432. The zero-order chi connectivity index (χ0) is 14.5. The predicted octanol–water partition coefficient (Wildman–Crippen LogP) is 4.15. The summed E-state index contributed by atoms with van der Waals surface area (Å²) < 4.78 is 11.8. The Balaban J connectivity index is 2.10. The predicted molar refractivity (Wildman–Crippen MR) is 84.4 cm³/mol. The Morgan fingerprint density at radius 1 is 1.15 bits per heavy atom. The third-order valence-electron chi connectivity index (χ3n) is 2.85. The molecule has 0 spiro atoms. The molecule has 0 heterocycles. The number of hydrogen-bond donors (Lipinski definition) is 1. The number of methoxy groups -OCH3 is 1. The maximum absolute atomic E-state index is 5.89. The van der Waals surface area contributed by atoms with Crippen LogP contribution in [0.1, 0.15) is 11.1 Å². The Morgan fingerprint density at radius 2 is 1.90 bits per heavy atom. The normalized spacial score (nSPS) is 10.4. The quantitative estimate of drug-likeness (QED) is 0.875. The zero-order valence-electron chi connectivity index (χ0n) is 11.0. The van der Waals surface area contributed by atoms with Crippen LogP contribution in [0.5, 0.6) is 11.5 Å². The minimum Gasteiger partial charge on any atom is -0.496 e. The van der Waals surface area contributed by atoms with Crippen LogP contribution in [0.15, 0.2) is 40.9 Å². The second-order valence-corrected chi connectivity index (χ2v) is 5.50. The molecule has 2 aromatic rings. The summed E-state index contributed by atoms with van der Waals surface area (Å²) in [5.74, 6) is 1.54. The lowest BCUT2D eigenvalue weighted by Crippen LogP contribution is -2.03. The highest BCUT2D eigenvalue weighted by molar-refractivity contribution is 9.10. The fraction of sp³-hybridized carbons (Fsp3) is 0.200. The Bertz CT molecular complexity index is 604. The van der Waals surface area contributed by atoms with Gasteiger partial charge >= 0.3 is 0 Å². The van der Waals surface area contributed by atoms with Gasteiger partial charge in [0.1, 0.15) is 18.1 Å². The second-order valence-electron chi connectivity index (χ2n) is 4.21. The molecule has 20 heavy (non-hydrogen) atoms. The molecule has 106 valence electrons. The van der Waals surface area contributed by atoms with Gasteiger partial charge in [0.05, 0.1) is 11.6 Å². The van der Waals surface area contributed by atoms with E-state index in [2.05, 4.69) is 15.9 Å². The van der Waals surface area contributed by atoms with Gasteiger partial charge in [-0.15, -0.1) is 0 Å². The average Bonchev–Trinajstić information content (AvgIpc) is 2.46. The molecule has 0 aliphatic carbocycles. The molecule has 0 radical (unpaired) electrons. The van der Waals surface area contributed by atoms with Gasteiger partial charge in [-0.3, -0.25) is 0 Å². The first-order valence-electron chi connectivity index (χ1n) is 6.07. The number of rotatable bonds is 5. The van der Waals surface area contributed by atoms with E-state index in [0.29, 0.717) is 18.2 Å². The van der Waals surface area contributed by atoms with Crippen molar-refractivity contribution in [2.45, 2.75) is 13.2 Å². The lowest BCUT2D eigenvalue weighted by Gasteiger charge is -2.11. The van der Waals surface area contributed by atoms with Gasteiger partial charge in [-0.05, 0) is 51.8 Å². The van der Waals surface area contributed by atoms with E-state index in [9.17, 15) is 0 Å². The molecule has 0 bridgehead atoms. The highest BCUT2D eigenvalue weighted by atomic mass is 79.9. The topological polar surface area (TPSA) is 44.5 Å². The SMILES string of the molecule is COc1ccc(COc2ccc(Cl)cc2Br)cc1CN. The maximum atomic E-state index is 5.89. The smallest absolute Gasteiger partial charge is 0.134 e. The monoisotopic (exact) mass is 355 g/mol. The maximum Gasteiger partial charge on any atom is 0.134 e. The number of ether oxygens (including phenoxy) is 2. The van der Waals surface area contributed by atoms with E-state index in [0.717, 1.165) is 27.1 Å². The fourth-order valence-corrected chi connectivity index (χ4v) is 2.63. The number of hydrogen-bond acceptors (Lipinski definition) is 3. The van der Waals surface area contributed by atoms with Crippen molar-refractivity contribution < 1.29 is 9.47 Å². The lowest BCUT2D eigenvalue weighted by atomic mass is 10.1. The van der Waals surface area contributed by atoms with Crippen molar-refractivity contribution in [3.63, 3.8) is 0 Å². The molecule has 2 rings (SSSR count). The first-order chi connectivity index (χ1) is 9.63. The van der Waals surface area contributed by atoms with Crippen LogP contribution in [-0.4, -0.2) is 7.11 Å². The fourth-order valence-electron chi connectivity index (χ4n) is 1.83. The van der Waals surface area contributed by atoms with Gasteiger partial charge in [0.2, 0.25) is 0 Å². The lowest BCUT2D eigenvalue weighted by molar-refractivity contribution is 0.304. The molecule has 0 fully saturated rings. The van der Waals surface area contributed by atoms with E-state index in [1.54, 1.807) is 19.2 Å². The van der Waals surface area contributed by atoms with Gasteiger partial charge in [0, 0.05) is 17.1 Å². The highest BCUT2D eigenvalue weighted by Gasteiger charge is 2.05. The largest absolute Gasteiger partial charge is 0.496 e. The van der Waals surface area contributed by atoms with Gasteiger partial charge in [0.15, 0.2) is 0 Å². The molecule has 0 saturated carbocycles. The summed E-state index contributed by atoms with van der Waals surface area (Å²) in [4.78, 5) is 0. The van der Waals surface area contributed by atoms with Crippen LogP contribution >= 0.6 is 27.5 Å². The van der Waals surface area contributed by atoms with Crippen molar-refractivity contribution in [2.24, 2.45) is 5.73 Å². The van der Waals surface area contributed by atoms with Crippen LogP contribution in [0.25, 0.3) is 0 Å². The van der Waals surface area contributed by atoms with Gasteiger partial charge < -0.3 is 15.2 Å². The van der Waals surface area contributed by atoms with Crippen LogP contribution in [0.3, 0.4) is 0 Å². The molecular weight excluding hydrogens is 342 g/mol. The molecule has 2 N–H and O–H groups in total. The van der Waals surface area contributed by atoms with Gasteiger partial charge in [-0.25, -0.2) is 0 Å². The molecule has 0 aliphatic heterocycles. The van der Waals surface area contributed by atoms with Crippen molar-refractivity contribution in [3.8, 4) is 11.5 Å². The Labute approximate surface area is 131 Å². The zero-order valence-corrected chi connectivity index (χ0v) is 13.4. The molecule has 0 amide bonds. The van der Waals surface area contributed by atoms with E-state index in [1.165, 1.54) is 0 Å². The molecule has 0 saturated heterocycles. The van der Waals surface area contributed by atoms with Gasteiger partial charge in [0.25, 0.3) is 0 Å². The second kappa shape index (κ2) is 6.97. The van der Waals surface area contributed by atoms with Gasteiger partial charge in [-0.2, -0.15) is 0 Å². The van der Waals surface area contributed by atoms with E-state index < -0.39 is 0 Å². The summed E-state index contributed by atoms with van der Waals surface area (Å²) in [6.45, 7) is 0.888. The van der Waals surface area contributed by atoms with Crippen LogP contribution in [0.4, 0.5) is 0 Å². The summed E-state index contributed by atoms with van der Waals surface area (Å²) in [5.41, 5.74) is 7.70. The van der Waals surface area contributed by atoms with Crippen LogP contribution < -0.4 is 15.2 Å². The highest BCUT2D eigenvalue weighted by Crippen LogP contribution is 2.29. The Hall–Kier alpha value is -1.23. The van der Waals surface area contributed by atoms with Crippen molar-refractivity contribution in [3.05, 3.63) is 57.0 Å². The molecule has 0 aliphatic rings. The molecule has 0 atom stereocenters. The molecule has 3 nitrogen and oxygen atoms in total. The summed E-state index contributed by atoms with van der Waals surface area (Å²) in [7, 11) is 1.63. The van der Waals surface area contributed by atoms with Crippen molar-refractivity contribution >= 4 is 27.5 Å². The van der Waals surface area contributed by atoms with Crippen LogP contribution in [-0.2, 0) is 13.2 Å². The third-order valence-corrected chi connectivity index (χ3v) is 3.71. The van der Waals surface area contributed by atoms with Crippen molar-refractivity contribution in [2.75, 3.05) is 7.11 Å². The summed E-state index contributed by atoms with van der Waals surface area (Å²) in [5, 5.41) is 0.666. The van der Waals surface area contributed by atoms with Crippen molar-refractivity contribution in [1.82, 2.24) is 0 Å². The van der Waals surface area contributed by atoms with Crippen LogP contribution in [0.2, 0.25) is 5.02 Å². The van der Waals surface area contributed by atoms with Gasteiger partial charge in [-0.1, -0.05) is 17.7 Å². The number of nitrogens with two attached hydrogens (primary N) is 1.